The van der Waals surface area contributed by atoms with Crippen LogP contribution in [0.3, 0.4) is 0 Å². The summed E-state index contributed by atoms with van der Waals surface area (Å²) in [5.74, 6) is 1.12. The molecular formula is C7H13N3O2. The van der Waals surface area contributed by atoms with Gasteiger partial charge in [0.2, 0.25) is 5.89 Å². The zero-order valence-electron chi connectivity index (χ0n) is 7.28. The Labute approximate surface area is 70.9 Å². The lowest BCUT2D eigenvalue weighted by atomic mass is 10.3. The molecule has 0 saturated carbocycles. The number of methoxy groups -OCH3 is 1. The van der Waals surface area contributed by atoms with Gasteiger partial charge in [0.1, 0.15) is 0 Å². The van der Waals surface area contributed by atoms with Crippen molar-refractivity contribution in [3.05, 3.63) is 11.7 Å². The van der Waals surface area contributed by atoms with Crippen molar-refractivity contribution in [2.75, 3.05) is 13.7 Å². The molecule has 2 N–H and O–H groups in total. The summed E-state index contributed by atoms with van der Waals surface area (Å²) in [5, 5.41) is 3.73. The molecule has 5 heteroatoms. The van der Waals surface area contributed by atoms with Gasteiger partial charge in [-0.3, -0.25) is 0 Å². The smallest absolute Gasteiger partial charge is 0.243 e. The second kappa shape index (κ2) is 4.18. The lowest BCUT2D eigenvalue weighted by molar-refractivity contribution is 0.199. The van der Waals surface area contributed by atoms with Gasteiger partial charge in [0.05, 0.1) is 12.6 Å². The summed E-state index contributed by atoms with van der Waals surface area (Å²) in [4.78, 5) is 4.06. The third-order valence-corrected chi connectivity index (χ3v) is 1.40. The zero-order chi connectivity index (χ0) is 8.97. The van der Waals surface area contributed by atoms with E-state index < -0.39 is 0 Å². The molecule has 12 heavy (non-hydrogen) atoms. The summed E-state index contributed by atoms with van der Waals surface area (Å²) in [6.07, 6.45) is 0.659. The first-order chi connectivity index (χ1) is 5.74. The van der Waals surface area contributed by atoms with E-state index in [9.17, 15) is 0 Å². The lowest BCUT2D eigenvalue weighted by Crippen LogP contribution is -2.05. The first-order valence-corrected chi connectivity index (χ1v) is 3.81. The van der Waals surface area contributed by atoms with E-state index in [4.69, 9.17) is 15.0 Å². The van der Waals surface area contributed by atoms with Crippen molar-refractivity contribution in [2.24, 2.45) is 5.73 Å². The Kier molecular flexibility index (Phi) is 3.19. The fraction of sp³-hybridized carbons (Fsp3) is 0.714. The molecule has 1 aromatic rings. The molecule has 0 amide bonds. The first-order valence-electron chi connectivity index (χ1n) is 3.81. The van der Waals surface area contributed by atoms with Gasteiger partial charge in [0, 0.05) is 13.5 Å². The monoisotopic (exact) mass is 171 g/mol. The molecule has 0 spiro atoms. The summed E-state index contributed by atoms with van der Waals surface area (Å²) in [7, 11) is 1.63. The van der Waals surface area contributed by atoms with Crippen molar-refractivity contribution < 1.29 is 9.26 Å². The van der Waals surface area contributed by atoms with Crippen molar-refractivity contribution in [3.63, 3.8) is 0 Å². The highest BCUT2D eigenvalue weighted by Gasteiger charge is 2.08. The van der Waals surface area contributed by atoms with E-state index in [2.05, 4.69) is 10.1 Å². The molecule has 0 saturated heterocycles. The summed E-state index contributed by atoms with van der Waals surface area (Å²) < 4.78 is 9.74. The van der Waals surface area contributed by atoms with Gasteiger partial charge in [-0.1, -0.05) is 5.16 Å². The van der Waals surface area contributed by atoms with Crippen LogP contribution in [-0.2, 0) is 11.2 Å². The summed E-state index contributed by atoms with van der Waals surface area (Å²) >= 11 is 0. The average molecular weight is 171 g/mol. The third kappa shape index (κ3) is 2.28. The highest BCUT2D eigenvalue weighted by Crippen LogP contribution is 2.05. The Hall–Kier alpha value is -0.940. The quantitative estimate of drug-likeness (QED) is 0.704. The van der Waals surface area contributed by atoms with Crippen LogP contribution >= 0.6 is 0 Å². The SMILES string of the molecule is COCCc1noc([C@H](C)N)n1. The highest BCUT2D eigenvalue weighted by molar-refractivity contribution is 4.89. The van der Waals surface area contributed by atoms with Crippen molar-refractivity contribution >= 4 is 0 Å². The van der Waals surface area contributed by atoms with Gasteiger partial charge < -0.3 is 15.0 Å². The van der Waals surface area contributed by atoms with Gasteiger partial charge in [-0.15, -0.1) is 0 Å². The molecular weight excluding hydrogens is 158 g/mol. The number of rotatable bonds is 4. The van der Waals surface area contributed by atoms with Crippen molar-refractivity contribution in [1.82, 2.24) is 10.1 Å². The number of hydrogen-bond donors (Lipinski definition) is 1. The zero-order valence-corrected chi connectivity index (χ0v) is 7.28. The average Bonchev–Trinajstić information content (AvgIpc) is 2.48. The maximum Gasteiger partial charge on any atom is 0.243 e. The predicted octanol–water partition coefficient (Wildman–Crippen LogP) is 0.278. The van der Waals surface area contributed by atoms with Crippen LogP contribution in [0.25, 0.3) is 0 Å². The van der Waals surface area contributed by atoms with E-state index in [0.717, 1.165) is 0 Å². The second-order valence-corrected chi connectivity index (χ2v) is 2.58. The minimum atomic E-state index is -0.200. The van der Waals surface area contributed by atoms with Gasteiger partial charge in [-0.05, 0) is 6.92 Å². The molecule has 0 radical (unpaired) electrons. The van der Waals surface area contributed by atoms with Crippen LogP contribution in [0.1, 0.15) is 24.7 Å². The van der Waals surface area contributed by atoms with Crippen LogP contribution < -0.4 is 5.73 Å². The Morgan fingerprint density at radius 3 is 2.92 bits per heavy atom. The molecule has 68 valence electrons. The molecule has 0 aromatic carbocycles. The molecule has 0 unspecified atom stereocenters. The standard InChI is InChI=1S/C7H13N3O2/c1-5(8)7-9-6(10-12-7)3-4-11-2/h5H,3-4,8H2,1-2H3/t5-/m0/s1. The molecule has 1 rings (SSSR count). The number of hydrogen-bond acceptors (Lipinski definition) is 5. The fourth-order valence-electron chi connectivity index (χ4n) is 0.747. The Morgan fingerprint density at radius 2 is 2.42 bits per heavy atom. The normalized spacial score (nSPS) is 13.2. The van der Waals surface area contributed by atoms with Crippen molar-refractivity contribution in [2.45, 2.75) is 19.4 Å². The van der Waals surface area contributed by atoms with Gasteiger partial charge in [0.25, 0.3) is 0 Å². The Bertz CT molecular complexity index is 234. The minimum absolute atomic E-state index is 0.200. The molecule has 0 aliphatic rings. The number of nitrogens with zero attached hydrogens (tertiary/aromatic N) is 2. The summed E-state index contributed by atoms with van der Waals surface area (Å²) in [5.41, 5.74) is 5.53. The molecule has 0 bridgehead atoms. The van der Waals surface area contributed by atoms with Gasteiger partial charge >= 0.3 is 0 Å². The first kappa shape index (κ1) is 9.15. The molecule has 1 aromatic heterocycles. The van der Waals surface area contributed by atoms with E-state index in [1.807, 2.05) is 0 Å². The van der Waals surface area contributed by atoms with Crippen LogP contribution in [-0.4, -0.2) is 23.9 Å². The van der Waals surface area contributed by atoms with Crippen molar-refractivity contribution in [3.8, 4) is 0 Å². The van der Waals surface area contributed by atoms with Gasteiger partial charge in [-0.25, -0.2) is 0 Å². The van der Waals surface area contributed by atoms with E-state index in [0.29, 0.717) is 24.7 Å². The van der Waals surface area contributed by atoms with E-state index in [-0.39, 0.29) is 6.04 Å². The predicted molar refractivity (Wildman–Crippen MR) is 42.5 cm³/mol. The maximum atomic E-state index is 5.53. The second-order valence-electron chi connectivity index (χ2n) is 2.58. The van der Waals surface area contributed by atoms with Crippen LogP contribution in [0, 0.1) is 0 Å². The molecule has 0 aliphatic heterocycles. The number of nitrogens with two attached hydrogens (primary N) is 1. The molecule has 5 nitrogen and oxygen atoms in total. The number of aromatic nitrogens is 2. The highest BCUT2D eigenvalue weighted by atomic mass is 16.5. The van der Waals surface area contributed by atoms with Crippen LogP contribution in [0.2, 0.25) is 0 Å². The lowest BCUT2D eigenvalue weighted by Gasteiger charge is -1.93. The molecule has 1 atom stereocenters. The Balaban J connectivity index is 2.52. The van der Waals surface area contributed by atoms with E-state index >= 15 is 0 Å². The maximum absolute atomic E-state index is 5.53. The largest absolute Gasteiger partial charge is 0.384 e. The molecule has 0 fully saturated rings. The fourth-order valence-corrected chi connectivity index (χ4v) is 0.747. The Morgan fingerprint density at radius 1 is 1.67 bits per heavy atom. The van der Waals surface area contributed by atoms with E-state index in [1.54, 1.807) is 14.0 Å². The third-order valence-electron chi connectivity index (χ3n) is 1.40. The molecule has 0 aliphatic carbocycles. The number of ether oxygens (including phenoxy) is 1. The minimum Gasteiger partial charge on any atom is -0.384 e. The van der Waals surface area contributed by atoms with E-state index in [1.165, 1.54) is 0 Å². The summed E-state index contributed by atoms with van der Waals surface area (Å²) in [6.45, 7) is 2.39. The van der Waals surface area contributed by atoms with Gasteiger partial charge in [-0.2, -0.15) is 4.98 Å². The van der Waals surface area contributed by atoms with Crippen LogP contribution in [0.4, 0.5) is 0 Å². The summed E-state index contributed by atoms with van der Waals surface area (Å²) in [6, 6.07) is -0.200. The van der Waals surface area contributed by atoms with Crippen LogP contribution in [0.15, 0.2) is 4.52 Å². The van der Waals surface area contributed by atoms with Gasteiger partial charge in [0.15, 0.2) is 5.82 Å². The topological polar surface area (TPSA) is 74.2 Å². The van der Waals surface area contributed by atoms with Crippen molar-refractivity contribution in [1.29, 1.82) is 0 Å². The van der Waals surface area contributed by atoms with Crippen LogP contribution in [0.5, 0.6) is 0 Å². The molecule has 1 heterocycles.